The fourth-order valence-electron chi connectivity index (χ4n) is 4.30. The van der Waals surface area contributed by atoms with Gasteiger partial charge in [0.25, 0.3) is 0 Å². The molecule has 0 radical (unpaired) electrons. The Balaban J connectivity index is 1.65. The van der Waals surface area contributed by atoms with Crippen molar-refractivity contribution >= 4 is 17.4 Å². The van der Waals surface area contributed by atoms with Gasteiger partial charge in [-0.1, -0.05) is 101 Å². The Morgan fingerprint density at radius 2 is 1.48 bits per heavy atom. The Morgan fingerprint density at radius 3 is 2.16 bits per heavy atom. The number of benzene rings is 2. The smallest absolute Gasteiger partial charge is 0.0965 e. The topological polar surface area (TPSA) is 24.4 Å². The quantitative estimate of drug-likeness (QED) is 0.511. The second-order valence-electron chi connectivity index (χ2n) is 9.90. The third-order valence-electron chi connectivity index (χ3n) is 6.18. The highest BCUT2D eigenvalue weighted by Gasteiger charge is 2.19. The summed E-state index contributed by atoms with van der Waals surface area (Å²) in [6, 6.07) is 15.2. The molecule has 168 valence electrons. The van der Waals surface area contributed by atoms with Gasteiger partial charge < -0.3 is 5.32 Å². The fourth-order valence-corrected chi connectivity index (χ4v) is 4.47. The van der Waals surface area contributed by atoms with Gasteiger partial charge >= 0.3 is 0 Å². The van der Waals surface area contributed by atoms with E-state index in [4.69, 9.17) is 16.6 Å². The highest BCUT2D eigenvalue weighted by molar-refractivity contribution is 6.30. The number of nitrogens with one attached hydrogen (secondary N) is 1. The third-order valence-corrected chi connectivity index (χ3v) is 6.41. The number of aliphatic imine (C=N–C) groups is 1. The zero-order valence-corrected chi connectivity index (χ0v) is 20.4. The highest BCUT2D eigenvalue weighted by atomic mass is 35.5. The Bertz CT molecular complexity index is 846. The predicted octanol–water partition coefficient (Wildman–Crippen LogP) is 8.32. The van der Waals surface area contributed by atoms with E-state index >= 15 is 0 Å². The summed E-state index contributed by atoms with van der Waals surface area (Å²) in [6.45, 7) is 8.53. The number of rotatable bonds is 3. The molecule has 0 atom stereocenters. The van der Waals surface area contributed by atoms with E-state index in [0.717, 1.165) is 24.5 Å². The number of hydrogen-bond acceptors (Lipinski definition) is 2. The van der Waals surface area contributed by atoms with Crippen molar-refractivity contribution in [2.24, 2.45) is 4.99 Å². The normalized spacial score (nSPS) is 16.7. The maximum Gasteiger partial charge on any atom is 0.0965 e. The van der Waals surface area contributed by atoms with Crippen molar-refractivity contribution in [1.29, 1.82) is 0 Å². The molecule has 3 rings (SSSR count). The summed E-state index contributed by atoms with van der Waals surface area (Å²) in [6.07, 6.45) is 11.7. The van der Waals surface area contributed by atoms with Gasteiger partial charge in [-0.25, -0.2) is 0 Å². The lowest BCUT2D eigenvalue weighted by atomic mass is 9.82. The van der Waals surface area contributed by atoms with Gasteiger partial charge in [0.15, 0.2) is 0 Å². The molecule has 2 aromatic rings. The van der Waals surface area contributed by atoms with Crippen LogP contribution in [0.2, 0.25) is 5.02 Å². The van der Waals surface area contributed by atoms with Crippen LogP contribution in [-0.2, 0) is 12.0 Å². The van der Waals surface area contributed by atoms with Gasteiger partial charge in [0.1, 0.15) is 0 Å². The molecule has 0 spiro atoms. The van der Waals surface area contributed by atoms with E-state index in [1.54, 1.807) is 0 Å². The molecule has 1 heterocycles. The first-order valence-electron chi connectivity index (χ1n) is 12.1. The van der Waals surface area contributed by atoms with E-state index in [0.29, 0.717) is 0 Å². The van der Waals surface area contributed by atoms with Crippen LogP contribution in [-0.4, -0.2) is 12.4 Å². The molecule has 0 saturated carbocycles. The van der Waals surface area contributed by atoms with Gasteiger partial charge in [-0.2, -0.15) is 0 Å². The van der Waals surface area contributed by atoms with Crippen molar-refractivity contribution in [3.63, 3.8) is 0 Å². The first-order chi connectivity index (χ1) is 14.9. The van der Waals surface area contributed by atoms with E-state index in [9.17, 15) is 0 Å². The highest BCUT2D eigenvalue weighted by Crippen LogP contribution is 2.35. The van der Waals surface area contributed by atoms with Crippen molar-refractivity contribution in [3.05, 3.63) is 58.6 Å². The lowest BCUT2D eigenvalue weighted by Crippen LogP contribution is -2.23. The molecule has 0 unspecified atom stereocenters. The average Bonchev–Trinajstić information content (AvgIpc) is 2.73. The van der Waals surface area contributed by atoms with Gasteiger partial charge in [-0.05, 0) is 52.6 Å². The first kappa shape index (κ1) is 23.9. The third kappa shape index (κ3) is 7.68. The van der Waals surface area contributed by atoms with Crippen LogP contribution in [0, 0.1) is 0 Å². The number of halogens is 1. The molecule has 0 saturated heterocycles. The maximum absolute atomic E-state index is 6.29. The minimum atomic E-state index is 0.0479. The van der Waals surface area contributed by atoms with Gasteiger partial charge in [0, 0.05) is 24.5 Å². The van der Waals surface area contributed by atoms with Crippen molar-refractivity contribution in [1.82, 2.24) is 5.32 Å². The fraction of sp³-hybridized carbons (Fsp3) is 0.536. The standard InChI is InChI=1S/C28H39ClN2/c1-28(2,3)26-20-24(29)17-18-25(26)23-15-13-22(14-16-23)21-31-27-12-10-8-6-4-5-7-9-11-19-30-27/h13-18,20H,4-12,19,21H2,1-3H3,(H,30,31). The molecular formula is C28H39ClN2. The number of nitrogens with zero attached hydrogens (tertiary/aromatic N) is 1. The molecule has 1 aliphatic rings. The largest absolute Gasteiger partial charge is 0.370 e. The van der Waals surface area contributed by atoms with Crippen LogP contribution in [0.4, 0.5) is 0 Å². The first-order valence-corrected chi connectivity index (χ1v) is 12.5. The zero-order valence-electron chi connectivity index (χ0n) is 19.6. The molecule has 0 bridgehead atoms. The van der Waals surface area contributed by atoms with Crippen LogP contribution in [0.15, 0.2) is 47.5 Å². The summed E-state index contributed by atoms with van der Waals surface area (Å²) in [5, 5.41) is 4.42. The van der Waals surface area contributed by atoms with Gasteiger partial charge in [-0.15, -0.1) is 0 Å². The van der Waals surface area contributed by atoms with Crippen molar-refractivity contribution < 1.29 is 0 Å². The molecule has 0 aromatic heterocycles. The number of amidine groups is 1. The Labute approximate surface area is 194 Å². The maximum atomic E-state index is 6.29. The molecular weight excluding hydrogens is 400 g/mol. The Hall–Kier alpha value is -1.80. The summed E-state index contributed by atoms with van der Waals surface area (Å²) >= 11 is 6.29. The van der Waals surface area contributed by atoms with E-state index in [1.807, 2.05) is 6.07 Å². The summed E-state index contributed by atoms with van der Waals surface area (Å²) in [4.78, 5) is 4.88. The van der Waals surface area contributed by atoms with E-state index in [1.165, 1.54) is 79.5 Å². The molecule has 0 fully saturated rings. The van der Waals surface area contributed by atoms with Gasteiger partial charge in [0.05, 0.1) is 5.84 Å². The van der Waals surface area contributed by atoms with Crippen LogP contribution in [0.3, 0.4) is 0 Å². The lowest BCUT2D eigenvalue weighted by Gasteiger charge is -2.23. The summed E-state index contributed by atoms with van der Waals surface area (Å²) in [5.41, 5.74) is 5.14. The SMILES string of the molecule is CC(C)(C)c1cc(Cl)ccc1-c1ccc(CNC2=NCCCCCCCCCC2)cc1. The van der Waals surface area contributed by atoms with Crippen LogP contribution in [0.25, 0.3) is 11.1 Å². The molecule has 3 heteroatoms. The van der Waals surface area contributed by atoms with Crippen molar-refractivity contribution in [2.45, 2.75) is 90.5 Å². The minimum absolute atomic E-state index is 0.0479. The molecule has 0 amide bonds. The van der Waals surface area contributed by atoms with Crippen molar-refractivity contribution in [3.8, 4) is 11.1 Å². The second-order valence-corrected chi connectivity index (χ2v) is 10.3. The number of hydrogen-bond donors (Lipinski definition) is 1. The Kier molecular flexibility index (Phi) is 9.02. The molecule has 2 nitrogen and oxygen atoms in total. The molecule has 1 aliphatic heterocycles. The molecule has 2 aromatic carbocycles. The van der Waals surface area contributed by atoms with Gasteiger partial charge in [-0.3, -0.25) is 4.99 Å². The minimum Gasteiger partial charge on any atom is -0.370 e. The summed E-state index contributed by atoms with van der Waals surface area (Å²) in [7, 11) is 0. The monoisotopic (exact) mass is 438 g/mol. The lowest BCUT2D eigenvalue weighted by molar-refractivity contribution is 0.566. The average molecular weight is 439 g/mol. The van der Waals surface area contributed by atoms with Crippen LogP contribution < -0.4 is 5.32 Å². The summed E-state index contributed by atoms with van der Waals surface area (Å²) < 4.78 is 0. The van der Waals surface area contributed by atoms with E-state index in [-0.39, 0.29) is 5.41 Å². The van der Waals surface area contributed by atoms with Crippen LogP contribution in [0.1, 0.15) is 89.7 Å². The van der Waals surface area contributed by atoms with E-state index < -0.39 is 0 Å². The van der Waals surface area contributed by atoms with Gasteiger partial charge in [0.2, 0.25) is 0 Å². The predicted molar refractivity (Wildman–Crippen MR) is 136 cm³/mol. The van der Waals surface area contributed by atoms with Crippen LogP contribution in [0.5, 0.6) is 0 Å². The Morgan fingerprint density at radius 1 is 0.839 bits per heavy atom. The molecule has 31 heavy (non-hydrogen) atoms. The second kappa shape index (κ2) is 11.7. The zero-order chi connectivity index (χ0) is 22.1. The van der Waals surface area contributed by atoms with Crippen molar-refractivity contribution in [2.75, 3.05) is 6.54 Å². The van der Waals surface area contributed by atoms with Crippen LogP contribution >= 0.6 is 11.6 Å². The molecule has 1 N–H and O–H groups in total. The van der Waals surface area contributed by atoms with E-state index in [2.05, 4.69) is 62.5 Å². The summed E-state index contributed by atoms with van der Waals surface area (Å²) in [5.74, 6) is 1.19. The molecule has 0 aliphatic carbocycles.